The molecule has 1 heterocycles. The van der Waals surface area contributed by atoms with E-state index in [1.807, 2.05) is 31.2 Å². The van der Waals surface area contributed by atoms with E-state index in [1.165, 1.54) is 43.2 Å². The van der Waals surface area contributed by atoms with Crippen molar-refractivity contribution < 1.29 is 9.53 Å². The lowest BCUT2D eigenvalue weighted by molar-refractivity contribution is 0.0526. The Labute approximate surface area is 156 Å². The van der Waals surface area contributed by atoms with E-state index in [-0.39, 0.29) is 5.97 Å². The number of carbonyl (C=O) groups excluding carboxylic acids is 1. The number of esters is 1. The van der Waals surface area contributed by atoms with Crippen molar-refractivity contribution in [3.8, 4) is 0 Å². The third-order valence-corrected chi connectivity index (χ3v) is 5.09. The van der Waals surface area contributed by atoms with Gasteiger partial charge in [0, 0.05) is 24.6 Å². The predicted molar refractivity (Wildman–Crippen MR) is 104 cm³/mol. The average Bonchev–Trinajstić information content (AvgIpc) is 2.69. The second-order valence-corrected chi connectivity index (χ2v) is 7.01. The summed E-state index contributed by atoms with van der Waals surface area (Å²) in [6.45, 7) is 2.94. The highest BCUT2D eigenvalue weighted by atomic mass is 16.5. The van der Waals surface area contributed by atoms with Crippen LogP contribution in [0.25, 0.3) is 0 Å². The lowest BCUT2D eigenvalue weighted by Gasteiger charge is -2.23. The maximum Gasteiger partial charge on any atom is 0.338 e. The van der Waals surface area contributed by atoms with Crippen LogP contribution in [0.1, 0.15) is 60.5 Å². The van der Waals surface area contributed by atoms with Gasteiger partial charge in [-0.15, -0.1) is 0 Å². The zero-order chi connectivity index (χ0) is 18.2. The quantitative estimate of drug-likeness (QED) is 0.713. The highest BCUT2D eigenvalue weighted by molar-refractivity contribution is 5.90. The van der Waals surface area contributed by atoms with Gasteiger partial charge in [0.05, 0.1) is 12.2 Å². The average molecular weight is 352 g/mol. The Morgan fingerprint density at radius 1 is 1.15 bits per heavy atom. The maximum absolute atomic E-state index is 12.1. The molecule has 0 spiro atoms. The number of ether oxygens (including phenoxy) is 1. The summed E-state index contributed by atoms with van der Waals surface area (Å²) in [5, 5.41) is 3.52. The summed E-state index contributed by atoms with van der Waals surface area (Å²) in [6, 6.07) is 9.94. The molecule has 1 aromatic heterocycles. The highest BCUT2D eigenvalue weighted by Crippen LogP contribution is 2.30. The molecule has 1 aliphatic rings. The molecule has 0 unspecified atom stereocenters. The SMILES string of the molecule is CCOC(=O)c1ccc(CC2CCCCC2)c(NCc2ccncc2)c1. The van der Waals surface area contributed by atoms with Gasteiger partial charge in [-0.05, 0) is 54.7 Å². The molecule has 3 rings (SSSR count). The van der Waals surface area contributed by atoms with Gasteiger partial charge >= 0.3 is 5.97 Å². The molecule has 4 nitrogen and oxygen atoms in total. The molecule has 0 radical (unpaired) electrons. The van der Waals surface area contributed by atoms with Crippen molar-refractivity contribution in [2.24, 2.45) is 5.92 Å². The fraction of sp³-hybridized carbons (Fsp3) is 0.455. The van der Waals surface area contributed by atoms with Crippen LogP contribution in [0.3, 0.4) is 0 Å². The molecule has 1 aromatic carbocycles. The molecule has 1 fully saturated rings. The third kappa shape index (κ3) is 5.07. The second-order valence-electron chi connectivity index (χ2n) is 7.01. The molecule has 0 atom stereocenters. The summed E-state index contributed by atoms with van der Waals surface area (Å²) in [6.07, 6.45) is 11.3. The number of nitrogens with one attached hydrogen (secondary N) is 1. The van der Waals surface area contributed by atoms with Crippen LogP contribution in [-0.4, -0.2) is 17.6 Å². The van der Waals surface area contributed by atoms with Gasteiger partial charge in [-0.2, -0.15) is 0 Å². The summed E-state index contributed by atoms with van der Waals surface area (Å²) in [5.41, 5.74) is 4.11. The first-order chi connectivity index (χ1) is 12.8. The highest BCUT2D eigenvalue weighted by Gasteiger charge is 2.17. The zero-order valence-electron chi connectivity index (χ0n) is 15.5. The molecule has 0 saturated heterocycles. The van der Waals surface area contributed by atoms with Crippen LogP contribution >= 0.6 is 0 Å². The van der Waals surface area contributed by atoms with Gasteiger partial charge in [0.15, 0.2) is 0 Å². The van der Waals surface area contributed by atoms with Crippen molar-refractivity contribution >= 4 is 11.7 Å². The van der Waals surface area contributed by atoms with E-state index in [0.29, 0.717) is 18.7 Å². The maximum atomic E-state index is 12.1. The first-order valence-corrected chi connectivity index (χ1v) is 9.69. The van der Waals surface area contributed by atoms with Crippen LogP contribution < -0.4 is 5.32 Å². The molecule has 138 valence electrons. The normalized spacial score (nSPS) is 14.8. The minimum atomic E-state index is -0.260. The Kier molecular flexibility index (Phi) is 6.64. The van der Waals surface area contributed by atoms with Gasteiger partial charge in [0.2, 0.25) is 0 Å². The summed E-state index contributed by atoms with van der Waals surface area (Å²) in [5.74, 6) is 0.488. The number of benzene rings is 1. The monoisotopic (exact) mass is 352 g/mol. The molecular weight excluding hydrogens is 324 g/mol. The van der Waals surface area contributed by atoms with Crippen LogP contribution in [0, 0.1) is 5.92 Å². The standard InChI is InChI=1S/C22H28N2O2/c1-2-26-22(25)20-9-8-19(14-17-6-4-3-5-7-17)21(15-20)24-16-18-10-12-23-13-11-18/h8-13,15,17,24H,2-7,14,16H2,1H3. The molecule has 2 aromatic rings. The first kappa shape index (κ1) is 18.4. The molecule has 0 bridgehead atoms. The van der Waals surface area contributed by atoms with Gasteiger partial charge in [-0.3, -0.25) is 4.98 Å². The lowest BCUT2D eigenvalue weighted by atomic mass is 9.84. The lowest BCUT2D eigenvalue weighted by Crippen LogP contribution is -2.12. The van der Waals surface area contributed by atoms with Crippen molar-refractivity contribution in [2.45, 2.75) is 52.0 Å². The number of hydrogen-bond acceptors (Lipinski definition) is 4. The Balaban J connectivity index is 1.78. The van der Waals surface area contributed by atoms with Gasteiger partial charge in [0.1, 0.15) is 0 Å². The number of pyridine rings is 1. The molecule has 1 N–H and O–H groups in total. The summed E-state index contributed by atoms with van der Waals surface area (Å²) < 4.78 is 5.16. The van der Waals surface area contributed by atoms with E-state index >= 15 is 0 Å². The van der Waals surface area contributed by atoms with E-state index in [2.05, 4.69) is 16.4 Å². The van der Waals surface area contributed by atoms with E-state index in [0.717, 1.165) is 18.0 Å². The topological polar surface area (TPSA) is 51.2 Å². The second kappa shape index (κ2) is 9.37. The molecular formula is C22H28N2O2. The van der Waals surface area contributed by atoms with E-state index in [1.54, 1.807) is 12.4 Å². The van der Waals surface area contributed by atoms with Crippen molar-refractivity contribution in [3.05, 3.63) is 59.4 Å². The molecule has 4 heteroatoms. The molecule has 0 amide bonds. The smallest absolute Gasteiger partial charge is 0.338 e. The number of anilines is 1. The van der Waals surface area contributed by atoms with Crippen molar-refractivity contribution in [1.29, 1.82) is 0 Å². The summed E-state index contributed by atoms with van der Waals surface area (Å²) >= 11 is 0. The fourth-order valence-corrected chi connectivity index (χ4v) is 3.66. The molecule has 1 aliphatic carbocycles. The summed E-state index contributed by atoms with van der Waals surface area (Å²) in [4.78, 5) is 16.2. The van der Waals surface area contributed by atoms with Crippen LogP contribution in [0.4, 0.5) is 5.69 Å². The van der Waals surface area contributed by atoms with Gasteiger partial charge in [-0.1, -0.05) is 38.2 Å². The van der Waals surface area contributed by atoms with Gasteiger partial charge in [0.25, 0.3) is 0 Å². The predicted octanol–water partition coefficient (Wildman–Crippen LogP) is 4.99. The minimum Gasteiger partial charge on any atom is -0.462 e. The van der Waals surface area contributed by atoms with Gasteiger partial charge < -0.3 is 10.1 Å². The Bertz CT molecular complexity index is 709. The van der Waals surface area contributed by atoms with Crippen LogP contribution in [0.5, 0.6) is 0 Å². The van der Waals surface area contributed by atoms with Crippen molar-refractivity contribution in [2.75, 3.05) is 11.9 Å². The number of aromatic nitrogens is 1. The van der Waals surface area contributed by atoms with Crippen LogP contribution in [0.2, 0.25) is 0 Å². The Morgan fingerprint density at radius 3 is 2.65 bits per heavy atom. The molecule has 1 saturated carbocycles. The van der Waals surface area contributed by atoms with Crippen LogP contribution in [-0.2, 0) is 17.7 Å². The van der Waals surface area contributed by atoms with Crippen LogP contribution in [0.15, 0.2) is 42.7 Å². The minimum absolute atomic E-state index is 0.260. The van der Waals surface area contributed by atoms with Gasteiger partial charge in [-0.25, -0.2) is 4.79 Å². The zero-order valence-corrected chi connectivity index (χ0v) is 15.5. The number of hydrogen-bond donors (Lipinski definition) is 1. The largest absolute Gasteiger partial charge is 0.462 e. The Hall–Kier alpha value is -2.36. The summed E-state index contributed by atoms with van der Waals surface area (Å²) in [7, 11) is 0. The van der Waals surface area contributed by atoms with E-state index in [4.69, 9.17) is 4.74 Å². The van der Waals surface area contributed by atoms with E-state index < -0.39 is 0 Å². The van der Waals surface area contributed by atoms with E-state index in [9.17, 15) is 4.79 Å². The number of carbonyl (C=O) groups is 1. The van der Waals surface area contributed by atoms with Crippen molar-refractivity contribution in [1.82, 2.24) is 4.98 Å². The first-order valence-electron chi connectivity index (χ1n) is 9.69. The molecule has 0 aliphatic heterocycles. The molecule has 26 heavy (non-hydrogen) atoms. The number of nitrogens with zero attached hydrogens (tertiary/aromatic N) is 1. The number of rotatable bonds is 7. The third-order valence-electron chi connectivity index (χ3n) is 5.09. The van der Waals surface area contributed by atoms with Crippen molar-refractivity contribution in [3.63, 3.8) is 0 Å². The Morgan fingerprint density at radius 2 is 1.92 bits per heavy atom. The fourth-order valence-electron chi connectivity index (χ4n) is 3.66.